The van der Waals surface area contributed by atoms with Crippen molar-refractivity contribution in [3.8, 4) is 28.5 Å². The molecular weight excluding hydrogens is 434 g/mol. The van der Waals surface area contributed by atoms with Crippen LogP contribution < -0.4 is 19.5 Å². The number of amides is 1. The minimum absolute atomic E-state index is 0.199. The van der Waals surface area contributed by atoms with Crippen molar-refractivity contribution < 1.29 is 23.4 Å². The van der Waals surface area contributed by atoms with Crippen molar-refractivity contribution in [1.82, 2.24) is 9.97 Å². The third-order valence-corrected chi connectivity index (χ3v) is 5.25. The summed E-state index contributed by atoms with van der Waals surface area (Å²) < 4.78 is 22.1. The topological polar surface area (TPSA) is 95.7 Å². The molecule has 34 heavy (non-hydrogen) atoms. The Hall–Kier alpha value is -4.33. The number of nitrogens with zero attached hydrogens (tertiary/aromatic N) is 2. The number of nitrogens with one attached hydrogen (secondary N) is 1. The number of benzene rings is 2. The van der Waals surface area contributed by atoms with Gasteiger partial charge in [0.25, 0.3) is 5.91 Å². The molecule has 0 radical (unpaired) electrons. The Balaban J connectivity index is 1.51. The fourth-order valence-electron chi connectivity index (χ4n) is 3.59. The zero-order valence-corrected chi connectivity index (χ0v) is 19.4. The summed E-state index contributed by atoms with van der Waals surface area (Å²) in [6, 6.07) is 16.2. The van der Waals surface area contributed by atoms with Crippen LogP contribution in [0.5, 0.6) is 17.2 Å². The normalized spacial score (nSPS) is 10.6. The fourth-order valence-corrected chi connectivity index (χ4v) is 3.59. The molecule has 8 heteroatoms. The fraction of sp³-hybridized carbons (Fsp3) is 0.192. The lowest BCUT2D eigenvalue weighted by atomic mass is 10.1. The van der Waals surface area contributed by atoms with Crippen molar-refractivity contribution in [2.45, 2.75) is 13.3 Å². The molecule has 4 aromatic rings. The summed E-state index contributed by atoms with van der Waals surface area (Å²) in [6.07, 6.45) is 2.09. The lowest BCUT2D eigenvalue weighted by Gasteiger charge is -2.14. The van der Waals surface area contributed by atoms with Crippen LogP contribution in [-0.4, -0.2) is 37.2 Å². The first-order valence-corrected chi connectivity index (χ1v) is 10.6. The van der Waals surface area contributed by atoms with E-state index in [4.69, 9.17) is 18.6 Å². The maximum atomic E-state index is 12.8. The standard InChI is InChI=1S/C26H25N3O5/c1-16-27-11-10-22(28-16)17-6-5-7-18(12-17)29-26(30)23-9-8-19(34-23)13-21-24(32-3)14-20(31-2)15-25(21)33-4/h5-12,14-15H,13H2,1-4H3,(H,29,30). The van der Waals surface area contributed by atoms with E-state index in [1.807, 2.05) is 37.3 Å². The van der Waals surface area contributed by atoms with Gasteiger partial charge >= 0.3 is 0 Å². The van der Waals surface area contributed by atoms with E-state index >= 15 is 0 Å². The van der Waals surface area contributed by atoms with Crippen molar-refractivity contribution in [3.05, 3.63) is 83.7 Å². The van der Waals surface area contributed by atoms with Crippen LogP contribution in [0.15, 0.2) is 65.2 Å². The average Bonchev–Trinajstić information content (AvgIpc) is 3.33. The van der Waals surface area contributed by atoms with Gasteiger partial charge in [0.15, 0.2) is 5.76 Å². The van der Waals surface area contributed by atoms with Crippen LogP contribution in [0.4, 0.5) is 5.69 Å². The summed E-state index contributed by atoms with van der Waals surface area (Å²) in [4.78, 5) is 21.4. The number of rotatable bonds is 8. The zero-order chi connectivity index (χ0) is 24.1. The van der Waals surface area contributed by atoms with Crippen molar-refractivity contribution >= 4 is 11.6 Å². The van der Waals surface area contributed by atoms with Gasteiger partial charge in [-0.3, -0.25) is 4.79 Å². The van der Waals surface area contributed by atoms with Crippen LogP contribution in [0.1, 0.15) is 27.7 Å². The summed E-state index contributed by atoms with van der Waals surface area (Å²) in [7, 11) is 4.74. The van der Waals surface area contributed by atoms with Gasteiger partial charge in [0.2, 0.25) is 0 Å². The molecule has 0 aliphatic carbocycles. The monoisotopic (exact) mass is 459 g/mol. The Morgan fingerprint density at radius 1 is 0.971 bits per heavy atom. The smallest absolute Gasteiger partial charge is 0.291 e. The lowest BCUT2D eigenvalue weighted by molar-refractivity contribution is 0.0995. The first-order valence-electron chi connectivity index (χ1n) is 10.6. The third-order valence-electron chi connectivity index (χ3n) is 5.25. The molecule has 8 nitrogen and oxygen atoms in total. The molecule has 0 atom stereocenters. The van der Waals surface area contributed by atoms with Gasteiger partial charge in [-0.1, -0.05) is 12.1 Å². The largest absolute Gasteiger partial charge is 0.496 e. The van der Waals surface area contributed by atoms with Crippen LogP contribution in [0.25, 0.3) is 11.3 Å². The van der Waals surface area contributed by atoms with Gasteiger partial charge in [0, 0.05) is 41.6 Å². The molecule has 2 heterocycles. The number of carbonyl (C=O) groups is 1. The number of hydrogen-bond donors (Lipinski definition) is 1. The van der Waals surface area contributed by atoms with Gasteiger partial charge in [-0.15, -0.1) is 0 Å². The number of furan rings is 1. The molecule has 174 valence electrons. The molecule has 1 N–H and O–H groups in total. The van der Waals surface area contributed by atoms with Crippen LogP contribution in [0, 0.1) is 6.92 Å². The van der Waals surface area contributed by atoms with Gasteiger partial charge < -0.3 is 23.9 Å². The van der Waals surface area contributed by atoms with Gasteiger partial charge in [-0.05, 0) is 37.3 Å². The molecule has 1 amide bonds. The van der Waals surface area contributed by atoms with Crippen molar-refractivity contribution in [3.63, 3.8) is 0 Å². The van der Waals surface area contributed by atoms with Gasteiger partial charge in [-0.25, -0.2) is 9.97 Å². The SMILES string of the molecule is COc1cc(OC)c(Cc2ccc(C(=O)Nc3cccc(-c4ccnc(C)n4)c3)o2)c(OC)c1. The second-order valence-corrected chi connectivity index (χ2v) is 7.48. The number of hydrogen-bond acceptors (Lipinski definition) is 7. The Labute approximate surface area is 197 Å². The molecule has 0 aliphatic heterocycles. The predicted octanol–water partition coefficient (Wildman–Crippen LogP) is 4.91. The number of methoxy groups -OCH3 is 3. The Morgan fingerprint density at radius 3 is 2.41 bits per heavy atom. The van der Waals surface area contributed by atoms with Gasteiger partial charge in [0.1, 0.15) is 28.8 Å². The van der Waals surface area contributed by atoms with Gasteiger partial charge in [-0.2, -0.15) is 0 Å². The first-order chi connectivity index (χ1) is 16.5. The summed E-state index contributed by atoms with van der Waals surface area (Å²) >= 11 is 0. The van der Waals surface area contributed by atoms with Crippen molar-refractivity contribution in [1.29, 1.82) is 0 Å². The molecule has 0 unspecified atom stereocenters. The highest BCUT2D eigenvalue weighted by Gasteiger charge is 2.18. The Kier molecular flexibility index (Phi) is 6.77. The number of ether oxygens (including phenoxy) is 3. The lowest BCUT2D eigenvalue weighted by Crippen LogP contribution is -2.10. The second kappa shape index (κ2) is 10.1. The molecule has 0 bridgehead atoms. The predicted molar refractivity (Wildman–Crippen MR) is 128 cm³/mol. The molecule has 4 rings (SSSR count). The van der Waals surface area contributed by atoms with E-state index < -0.39 is 0 Å². The second-order valence-electron chi connectivity index (χ2n) is 7.48. The highest BCUT2D eigenvalue weighted by Crippen LogP contribution is 2.36. The van der Waals surface area contributed by atoms with Crippen LogP contribution in [0.3, 0.4) is 0 Å². The van der Waals surface area contributed by atoms with Gasteiger partial charge in [0.05, 0.1) is 27.0 Å². The first kappa shape index (κ1) is 22.8. The maximum absolute atomic E-state index is 12.8. The highest BCUT2D eigenvalue weighted by atomic mass is 16.5. The van der Waals surface area contributed by atoms with E-state index in [-0.39, 0.29) is 11.7 Å². The summed E-state index contributed by atoms with van der Waals surface area (Å²) in [5.41, 5.74) is 3.09. The molecule has 0 fully saturated rings. The van der Waals surface area contributed by atoms with Crippen molar-refractivity contribution in [2.75, 3.05) is 26.6 Å². The molecular formula is C26H25N3O5. The van der Waals surface area contributed by atoms with Crippen LogP contribution >= 0.6 is 0 Å². The molecule has 2 aromatic carbocycles. The Bertz CT molecular complexity index is 1290. The quantitative estimate of drug-likeness (QED) is 0.400. The van der Waals surface area contributed by atoms with Crippen LogP contribution in [-0.2, 0) is 6.42 Å². The number of aryl methyl sites for hydroxylation is 1. The molecule has 0 aliphatic rings. The van der Waals surface area contributed by atoms with E-state index in [2.05, 4.69) is 15.3 Å². The maximum Gasteiger partial charge on any atom is 0.291 e. The van der Waals surface area contributed by atoms with E-state index in [0.29, 0.717) is 40.9 Å². The van der Waals surface area contributed by atoms with E-state index in [1.54, 1.807) is 51.8 Å². The van der Waals surface area contributed by atoms with E-state index in [0.717, 1.165) is 16.8 Å². The zero-order valence-electron chi connectivity index (χ0n) is 19.4. The number of carbonyl (C=O) groups excluding carboxylic acids is 1. The molecule has 0 saturated heterocycles. The molecule has 0 spiro atoms. The molecule has 2 aromatic heterocycles. The van der Waals surface area contributed by atoms with E-state index in [1.165, 1.54) is 0 Å². The number of aromatic nitrogens is 2. The van der Waals surface area contributed by atoms with E-state index in [9.17, 15) is 4.79 Å². The summed E-state index contributed by atoms with van der Waals surface area (Å²) in [6.45, 7) is 1.83. The highest BCUT2D eigenvalue weighted by molar-refractivity contribution is 6.02. The minimum Gasteiger partial charge on any atom is -0.496 e. The summed E-state index contributed by atoms with van der Waals surface area (Å²) in [5, 5.41) is 2.88. The van der Waals surface area contributed by atoms with Crippen molar-refractivity contribution in [2.24, 2.45) is 0 Å². The third kappa shape index (κ3) is 5.01. The number of anilines is 1. The average molecular weight is 460 g/mol. The summed E-state index contributed by atoms with van der Waals surface area (Å²) in [5.74, 6) is 2.96. The van der Waals surface area contributed by atoms with Crippen LogP contribution in [0.2, 0.25) is 0 Å². The molecule has 0 saturated carbocycles. The minimum atomic E-state index is -0.351. The Morgan fingerprint density at radius 2 is 1.74 bits per heavy atom.